The van der Waals surface area contributed by atoms with Gasteiger partial charge in [0.15, 0.2) is 0 Å². The molecule has 4 fully saturated rings. The molecular formula is C18H22N4O2. The summed E-state index contributed by atoms with van der Waals surface area (Å²) in [5, 5.41) is 15.1. The maximum Gasteiger partial charge on any atom is 0.252 e. The Morgan fingerprint density at radius 1 is 1.33 bits per heavy atom. The first kappa shape index (κ1) is 14.3. The van der Waals surface area contributed by atoms with Crippen LogP contribution in [0.1, 0.15) is 42.5 Å². The van der Waals surface area contributed by atoms with Crippen molar-refractivity contribution in [2.75, 3.05) is 5.32 Å². The van der Waals surface area contributed by atoms with Gasteiger partial charge in [0.05, 0.1) is 17.4 Å². The van der Waals surface area contributed by atoms with Crippen molar-refractivity contribution in [3.8, 4) is 0 Å². The third-order valence-electron chi connectivity index (χ3n) is 6.47. The molecule has 6 heteroatoms. The zero-order valence-electron chi connectivity index (χ0n) is 13.5. The molecule has 0 saturated heterocycles. The Hall–Kier alpha value is -2.08. The summed E-state index contributed by atoms with van der Waals surface area (Å²) < 4.78 is 0. The van der Waals surface area contributed by atoms with E-state index in [0.29, 0.717) is 23.3 Å². The number of fused-ring (bicyclic) bond motifs is 1. The number of aromatic amines is 1. The number of nitrogens with two attached hydrogens (primary N) is 1. The Balaban J connectivity index is 1.58. The minimum atomic E-state index is -0.460. The zero-order valence-corrected chi connectivity index (χ0v) is 13.5. The van der Waals surface area contributed by atoms with Crippen molar-refractivity contribution in [3.63, 3.8) is 0 Å². The monoisotopic (exact) mass is 326 g/mol. The summed E-state index contributed by atoms with van der Waals surface area (Å²) in [6, 6.07) is 1.94. The van der Waals surface area contributed by atoms with Crippen LogP contribution in [0.15, 0.2) is 18.5 Å². The number of aliphatic hydroxyl groups is 1. The number of pyridine rings is 1. The average molecular weight is 326 g/mol. The largest absolute Gasteiger partial charge is 0.393 e. The lowest BCUT2D eigenvalue weighted by molar-refractivity contribution is -0.0960. The van der Waals surface area contributed by atoms with Crippen molar-refractivity contribution in [2.24, 2.45) is 23.5 Å². The number of anilines is 1. The number of aliphatic hydroxyl groups excluding tert-OH is 1. The van der Waals surface area contributed by atoms with Gasteiger partial charge in [-0.05, 0) is 55.9 Å². The number of primary amides is 1. The number of carbonyl (C=O) groups is 1. The molecular weight excluding hydrogens is 304 g/mol. The van der Waals surface area contributed by atoms with E-state index in [1.165, 1.54) is 0 Å². The molecule has 4 aliphatic rings. The molecule has 1 unspecified atom stereocenters. The minimum Gasteiger partial charge on any atom is -0.393 e. The van der Waals surface area contributed by atoms with Crippen LogP contribution < -0.4 is 11.1 Å². The maximum atomic E-state index is 11.9. The van der Waals surface area contributed by atoms with Crippen molar-refractivity contribution < 1.29 is 9.90 Å². The SMILES string of the molecule is NC(=O)c1cnc2[nH]ccc2c1N[C@]12CC3C[C@H](C1)[C@H](O)[C@@H](C3)C2. The van der Waals surface area contributed by atoms with Crippen LogP contribution in [-0.4, -0.2) is 32.6 Å². The van der Waals surface area contributed by atoms with E-state index in [0.717, 1.165) is 48.8 Å². The Bertz CT molecular complexity index is 814. The summed E-state index contributed by atoms with van der Waals surface area (Å²) in [5.74, 6) is 0.977. The Morgan fingerprint density at radius 3 is 2.79 bits per heavy atom. The molecule has 2 heterocycles. The number of rotatable bonds is 3. The molecule has 2 aromatic rings. The van der Waals surface area contributed by atoms with Gasteiger partial charge in [0.1, 0.15) is 5.65 Å². The molecule has 6 nitrogen and oxygen atoms in total. The third kappa shape index (κ3) is 1.92. The van der Waals surface area contributed by atoms with Gasteiger partial charge >= 0.3 is 0 Å². The van der Waals surface area contributed by atoms with Gasteiger partial charge in [-0.1, -0.05) is 0 Å². The lowest BCUT2D eigenvalue weighted by Crippen LogP contribution is -2.60. The highest BCUT2D eigenvalue weighted by Gasteiger charge is 2.55. The van der Waals surface area contributed by atoms with Crippen LogP contribution in [0.5, 0.6) is 0 Å². The van der Waals surface area contributed by atoms with E-state index in [-0.39, 0.29) is 11.6 Å². The van der Waals surface area contributed by atoms with Gasteiger partial charge in [-0.25, -0.2) is 4.98 Å². The minimum absolute atomic E-state index is 0.0362. The summed E-state index contributed by atoms with van der Waals surface area (Å²) in [5.41, 5.74) is 7.55. The summed E-state index contributed by atoms with van der Waals surface area (Å²) in [6.45, 7) is 0. The molecule has 2 aromatic heterocycles. The fourth-order valence-corrected chi connectivity index (χ4v) is 5.75. The van der Waals surface area contributed by atoms with E-state index in [2.05, 4.69) is 15.3 Å². The molecule has 126 valence electrons. The van der Waals surface area contributed by atoms with Crippen LogP contribution >= 0.6 is 0 Å². The van der Waals surface area contributed by atoms with Gasteiger partial charge in [-0.2, -0.15) is 0 Å². The molecule has 1 amide bonds. The van der Waals surface area contributed by atoms with Gasteiger partial charge in [-0.15, -0.1) is 0 Å². The van der Waals surface area contributed by atoms with E-state index in [9.17, 15) is 9.90 Å². The van der Waals surface area contributed by atoms with Gasteiger partial charge in [-0.3, -0.25) is 4.79 Å². The fourth-order valence-electron chi connectivity index (χ4n) is 5.75. The number of carbonyl (C=O) groups excluding carboxylic acids is 1. The van der Waals surface area contributed by atoms with Crippen molar-refractivity contribution in [1.82, 2.24) is 9.97 Å². The molecule has 0 spiro atoms. The molecule has 5 atom stereocenters. The molecule has 0 aromatic carbocycles. The molecule has 4 aliphatic carbocycles. The topological polar surface area (TPSA) is 104 Å². The van der Waals surface area contributed by atoms with Crippen LogP contribution in [0.4, 0.5) is 5.69 Å². The number of nitrogens with zero attached hydrogens (tertiary/aromatic N) is 1. The predicted octanol–water partition coefficient (Wildman–Crippen LogP) is 2.01. The first-order valence-electron chi connectivity index (χ1n) is 8.77. The summed E-state index contributed by atoms with van der Waals surface area (Å²) in [4.78, 5) is 19.3. The van der Waals surface area contributed by atoms with Crippen molar-refractivity contribution in [2.45, 2.75) is 43.7 Å². The van der Waals surface area contributed by atoms with Crippen LogP contribution in [0, 0.1) is 17.8 Å². The Labute approximate surface area is 139 Å². The Morgan fingerprint density at radius 2 is 2.08 bits per heavy atom. The number of H-pyrrole nitrogens is 1. The van der Waals surface area contributed by atoms with Gasteiger partial charge < -0.3 is 21.1 Å². The molecule has 4 saturated carbocycles. The normalized spacial score (nSPS) is 37.0. The molecule has 6 rings (SSSR count). The predicted molar refractivity (Wildman–Crippen MR) is 90.5 cm³/mol. The average Bonchev–Trinajstić information content (AvgIpc) is 3.00. The number of aromatic nitrogens is 2. The van der Waals surface area contributed by atoms with E-state index in [4.69, 9.17) is 5.73 Å². The van der Waals surface area contributed by atoms with Gasteiger partial charge in [0.2, 0.25) is 0 Å². The standard InChI is InChI=1S/C18H22N4O2/c19-16(24)13-8-21-17-12(1-2-20-17)14(13)22-18-5-9-3-10(6-18)15(23)11(4-9)7-18/h1-2,8-11,15,23H,3-7H2,(H2,19,24)(H2,20,21,22)/t9?,10-,11+,15+,18-. The fraction of sp³-hybridized carbons (Fsp3) is 0.556. The van der Waals surface area contributed by atoms with Crippen molar-refractivity contribution in [3.05, 3.63) is 24.0 Å². The summed E-state index contributed by atoms with van der Waals surface area (Å²) in [6.07, 6.45) is 8.55. The molecule has 0 radical (unpaired) electrons. The Kier molecular flexibility index (Phi) is 2.81. The van der Waals surface area contributed by atoms with Crippen LogP contribution in [-0.2, 0) is 0 Å². The maximum absolute atomic E-state index is 11.9. The first-order chi connectivity index (χ1) is 11.5. The number of nitrogens with one attached hydrogen (secondary N) is 2. The van der Waals surface area contributed by atoms with Gasteiger partial charge in [0.25, 0.3) is 5.91 Å². The highest BCUT2D eigenvalue weighted by molar-refractivity contribution is 6.06. The van der Waals surface area contributed by atoms with Crippen molar-refractivity contribution in [1.29, 1.82) is 0 Å². The lowest BCUT2D eigenvalue weighted by Gasteiger charge is -2.59. The number of hydrogen-bond acceptors (Lipinski definition) is 4. The third-order valence-corrected chi connectivity index (χ3v) is 6.47. The van der Waals surface area contributed by atoms with E-state index < -0.39 is 5.91 Å². The quantitative estimate of drug-likeness (QED) is 0.692. The highest BCUT2D eigenvalue weighted by atomic mass is 16.3. The van der Waals surface area contributed by atoms with Crippen LogP contribution in [0.25, 0.3) is 11.0 Å². The van der Waals surface area contributed by atoms with E-state index in [1.807, 2.05) is 12.3 Å². The second kappa shape index (κ2) is 4.72. The smallest absolute Gasteiger partial charge is 0.252 e. The van der Waals surface area contributed by atoms with Crippen LogP contribution in [0.3, 0.4) is 0 Å². The van der Waals surface area contributed by atoms with Crippen molar-refractivity contribution >= 4 is 22.6 Å². The molecule has 5 N–H and O–H groups in total. The first-order valence-corrected chi connectivity index (χ1v) is 8.77. The highest BCUT2D eigenvalue weighted by Crippen LogP contribution is 2.57. The summed E-state index contributed by atoms with van der Waals surface area (Å²) >= 11 is 0. The van der Waals surface area contributed by atoms with Gasteiger partial charge in [0, 0.05) is 23.3 Å². The number of amides is 1. The second-order valence-corrected chi connectivity index (χ2v) is 8.02. The molecule has 0 aliphatic heterocycles. The molecule has 4 bridgehead atoms. The van der Waals surface area contributed by atoms with E-state index >= 15 is 0 Å². The molecule has 24 heavy (non-hydrogen) atoms. The van der Waals surface area contributed by atoms with Crippen LogP contribution in [0.2, 0.25) is 0 Å². The zero-order chi connectivity index (χ0) is 16.5. The summed E-state index contributed by atoms with van der Waals surface area (Å²) in [7, 11) is 0. The lowest BCUT2D eigenvalue weighted by atomic mass is 9.51. The van der Waals surface area contributed by atoms with E-state index in [1.54, 1.807) is 6.20 Å². The number of hydrogen-bond donors (Lipinski definition) is 4. The second-order valence-electron chi connectivity index (χ2n) is 8.02.